The number of pyridine rings is 1. The van der Waals surface area contributed by atoms with Crippen molar-refractivity contribution < 1.29 is 9.59 Å². The zero-order valence-electron chi connectivity index (χ0n) is 14.1. The Hall–Kier alpha value is -3.18. The molecule has 1 aromatic heterocycles. The Labute approximate surface area is 150 Å². The predicted octanol–water partition coefficient (Wildman–Crippen LogP) is 4.35. The summed E-state index contributed by atoms with van der Waals surface area (Å²) in [5.74, 6) is -0.288. The summed E-state index contributed by atoms with van der Waals surface area (Å²) in [6, 6.07) is 8.69. The Morgan fingerprint density at radius 2 is 1.85 bits per heavy atom. The first-order valence-corrected chi connectivity index (χ1v) is 8.66. The van der Waals surface area contributed by atoms with E-state index >= 15 is 0 Å². The maximum atomic E-state index is 12.7. The molecule has 1 fully saturated rings. The third-order valence-electron chi connectivity index (χ3n) is 5.26. The second-order valence-electron chi connectivity index (χ2n) is 6.67. The van der Waals surface area contributed by atoms with Crippen molar-refractivity contribution in [2.45, 2.75) is 37.6 Å². The van der Waals surface area contributed by atoms with Gasteiger partial charge in [-0.1, -0.05) is 23.7 Å². The second-order valence-corrected chi connectivity index (χ2v) is 6.67. The van der Waals surface area contributed by atoms with Crippen molar-refractivity contribution in [2.75, 3.05) is 0 Å². The quantitative estimate of drug-likeness (QED) is 0.357. The summed E-state index contributed by atoms with van der Waals surface area (Å²) in [7, 11) is 0. The maximum Gasteiger partial charge on any atom is 0.261 e. The number of hydrogen-bond donors (Lipinski definition) is 0. The normalized spacial score (nSPS) is 22.1. The number of aromatic nitrogens is 1. The van der Waals surface area contributed by atoms with Gasteiger partial charge in [-0.05, 0) is 54.5 Å². The molecule has 130 valence electrons. The van der Waals surface area contributed by atoms with E-state index in [-0.39, 0.29) is 23.8 Å². The summed E-state index contributed by atoms with van der Waals surface area (Å²) >= 11 is 0. The van der Waals surface area contributed by atoms with Gasteiger partial charge < -0.3 is 0 Å². The van der Waals surface area contributed by atoms with Gasteiger partial charge in [0.25, 0.3) is 11.8 Å². The average Bonchev–Trinajstić information content (AvgIpc) is 2.94. The van der Waals surface area contributed by atoms with Crippen LogP contribution in [0.2, 0.25) is 0 Å². The molecule has 7 nitrogen and oxygen atoms in total. The van der Waals surface area contributed by atoms with Crippen LogP contribution < -0.4 is 0 Å². The zero-order valence-corrected chi connectivity index (χ0v) is 14.1. The van der Waals surface area contributed by atoms with Crippen LogP contribution in [0.4, 0.5) is 5.69 Å². The molecule has 1 aliphatic carbocycles. The number of fused-ring (bicyclic) bond motifs is 1. The van der Waals surface area contributed by atoms with E-state index < -0.39 is 0 Å². The van der Waals surface area contributed by atoms with Crippen LogP contribution in [-0.4, -0.2) is 27.7 Å². The van der Waals surface area contributed by atoms with Gasteiger partial charge in [0.05, 0.1) is 16.8 Å². The zero-order chi connectivity index (χ0) is 18.1. The first kappa shape index (κ1) is 16.3. The van der Waals surface area contributed by atoms with Crippen LogP contribution in [0.1, 0.15) is 57.9 Å². The molecule has 4 rings (SSSR count). The third kappa shape index (κ3) is 2.62. The van der Waals surface area contributed by atoms with E-state index in [1.54, 1.807) is 36.7 Å². The molecule has 2 heterocycles. The number of azide groups is 1. The molecule has 0 saturated heterocycles. The summed E-state index contributed by atoms with van der Waals surface area (Å²) in [5.41, 5.74) is 11.2. The lowest BCUT2D eigenvalue weighted by molar-refractivity contribution is 0.0540. The van der Waals surface area contributed by atoms with Gasteiger partial charge in [-0.25, -0.2) is 0 Å². The van der Waals surface area contributed by atoms with Gasteiger partial charge in [0.2, 0.25) is 0 Å². The van der Waals surface area contributed by atoms with Crippen LogP contribution in [0, 0.1) is 0 Å². The smallest absolute Gasteiger partial charge is 0.261 e. The highest BCUT2D eigenvalue weighted by Gasteiger charge is 2.41. The molecular weight excluding hydrogens is 330 g/mol. The Morgan fingerprint density at radius 1 is 1.12 bits per heavy atom. The fourth-order valence-electron chi connectivity index (χ4n) is 4.09. The van der Waals surface area contributed by atoms with Crippen molar-refractivity contribution in [3.8, 4) is 0 Å². The molecule has 2 aliphatic rings. The van der Waals surface area contributed by atoms with Crippen molar-refractivity contribution in [1.82, 2.24) is 9.88 Å². The highest BCUT2D eigenvalue weighted by atomic mass is 16.2. The lowest BCUT2D eigenvalue weighted by atomic mass is 9.80. The van der Waals surface area contributed by atoms with Gasteiger partial charge in [-0.15, -0.1) is 0 Å². The SMILES string of the molecule is [N-]=[N+]=Nc1cnccc1[C@@H]1CCC[C@H](N2C(=O)c3ccccc3C2=O)C1. The van der Waals surface area contributed by atoms with E-state index in [2.05, 4.69) is 15.0 Å². The first-order valence-electron chi connectivity index (χ1n) is 8.66. The number of rotatable bonds is 3. The molecule has 1 saturated carbocycles. The van der Waals surface area contributed by atoms with E-state index in [0.29, 0.717) is 23.2 Å². The van der Waals surface area contributed by atoms with E-state index in [4.69, 9.17) is 5.53 Å². The summed E-state index contributed by atoms with van der Waals surface area (Å²) < 4.78 is 0. The largest absolute Gasteiger partial charge is 0.271 e. The van der Waals surface area contributed by atoms with Crippen molar-refractivity contribution >= 4 is 17.5 Å². The van der Waals surface area contributed by atoms with Crippen molar-refractivity contribution in [3.05, 3.63) is 69.9 Å². The van der Waals surface area contributed by atoms with E-state index in [0.717, 1.165) is 24.8 Å². The molecule has 1 aliphatic heterocycles. The van der Waals surface area contributed by atoms with E-state index in [9.17, 15) is 9.59 Å². The molecule has 2 atom stereocenters. The summed E-state index contributed by atoms with van der Waals surface area (Å²) in [5, 5.41) is 3.74. The second kappa shape index (κ2) is 6.61. The van der Waals surface area contributed by atoms with Gasteiger partial charge in [0.15, 0.2) is 0 Å². The van der Waals surface area contributed by atoms with Gasteiger partial charge in [0.1, 0.15) is 0 Å². The fraction of sp³-hybridized carbons (Fsp3) is 0.316. The molecule has 0 bridgehead atoms. The molecule has 26 heavy (non-hydrogen) atoms. The number of imide groups is 1. The summed E-state index contributed by atoms with van der Waals surface area (Å²) in [6.07, 6.45) is 6.53. The van der Waals surface area contributed by atoms with E-state index in [1.807, 2.05) is 6.07 Å². The number of benzene rings is 1. The van der Waals surface area contributed by atoms with Crippen LogP contribution in [-0.2, 0) is 0 Å². The molecule has 2 amide bonds. The molecule has 0 radical (unpaired) electrons. The minimum Gasteiger partial charge on any atom is -0.271 e. The van der Waals surface area contributed by atoms with Gasteiger partial charge in [-0.3, -0.25) is 19.5 Å². The number of hydrogen-bond acceptors (Lipinski definition) is 4. The number of carbonyl (C=O) groups excluding carboxylic acids is 2. The summed E-state index contributed by atoms with van der Waals surface area (Å²) in [6.45, 7) is 0. The first-order chi connectivity index (χ1) is 12.7. The van der Waals surface area contributed by atoms with Gasteiger partial charge in [0, 0.05) is 23.3 Å². The van der Waals surface area contributed by atoms with Crippen molar-refractivity contribution in [3.63, 3.8) is 0 Å². The highest BCUT2D eigenvalue weighted by molar-refractivity contribution is 6.21. The van der Waals surface area contributed by atoms with Crippen LogP contribution in [0.5, 0.6) is 0 Å². The van der Waals surface area contributed by atoms with Crippen molar-refractivity contribution in [2.24, 2.45) is 5.11 Å². The Bertz CT molecular complexity index is 900. The maximum absolute atomic E-state index is 12.7. The number of nitrogens with zero attached hydrogens (tertiary/aromatic N) is 5. The minimum absolute atomic E-state index is 0.126. The van der Waals surface area contributed by atoms with Crippen LogP contribution in [0.3, 0.4) is 0 Å². The predicted molar refractivity (Wildman–Crippen MR) is 95.0 cm³/mol. The topological polar surface area (TPSA) is 99.0 Å². The molecule has 1 aromatic carbocycles. The Kier molecular flexibility index (Phi) is 4.14. The van der Waals surface area contributed by atoms with Crippen LogP contribution >= 0.6 is 0 Å². The lowest BCUT2D eigenvalue weighted by Gasteiger charge is -2.34. The van der Waals surface area contributed by atoms with E-state index in [1.165, 1.54) is 4.90 Å². The van der Waals surface area contributed by atoms with Gasteiger partial charge in [-0.2, -0.15) is 0 Å². The number of carbonyl (C=O) groups is 2. The standard InChI is InChI=1S/C19H17N5O2/c20-23-22-17-11-21-9-8-14(17)12-4-3-5-13(10-12)24-18(25)15-6-1-2-7-16(15)19(24)26/h1-2,6-9,11-13H,3-5,10H2/t12-,13+/m1/s1. The molecule has 0 N–H and O–H groups in total. The van der Waals surface area contributed by atoms with Gasteiger partial charge >= 0.3 is 0 Å². The van der Waals surface area contributed by atoms with Crippen LogP contribution in [0.25, 0.3) is 10.4 Å². The van der Waals surface area contributed by atoms with Crippen LogP contribution in [0.15, 0.2) is 47.8 Å². The molecule has 7 heteroatoms. The Balaban J connectivity index is 1.62. The molecular formula is C19H17N5O2. The third-order valence-corrected chi connectivity index (χ3v) is 5.26. The lowest BCUT2D eigenvalue weighted by Crippen LogP contribution is -2.42. The molecule has 2 aromatic rings. The Morgan fingerprint density at radius 3 is 2.54 bits per heavy atom. The molecule has 0 unspecified atom stereocenters. The average molecular weight is 347 g/mol. The summed E-state index contributed by atoms with van der Waals surface area (Å²) in [4.78, 5) is 33.8. The number of amides is 2. The fourth-order valence-corrected chi connectivity index (χ4v) is 4.09. The monoisotopic (exact) mass is 347 g/mol. The van der Waals surface area contributed by atoms with Crippen molar-refractivity contribution in [1.29, 1.82) is 0 Å². The minimum atomic E-state index is -0.207. The highest BCUT2D eigenvalue weighted by Crippen LogP contribution is 2.40. The molecule has 0 spiro atoms.